The van der Waals surface area contributed by atoms with Crippen molar-refractivity contribution in [3.63, 3.8) is 0 Å². The summed E-state index contributed by atoms with van der Waals surface area (Å²) in [6.45, 7) is 4.17. The van der Waals surface area contributed by atoms with Gasteiger partial charge in [0, 0.05) is 18.1 Å². The minimum Gasteiger partial charge on any atom is -0.494 e. The third-order valence-corrected chi connectivity index (χ3v) is 5.10. The smallest absolute Gasteiger partial charge is 0.339 e. The van der Waals surface area contributed by atoms with Crippen LogP contribution in [0.4, 0.5) is 0 Å². The van der Waals surface area contributed by atoms with Crippen LogP contribution in [0.5, 0.6) is 5.75 Å². The molecule has 6 nitrogen and oxygen atoms in total. The molecule has 0 aliphatic carbocycles. The predicted molar refractivity (Wildman–Crippen MR) is 79.7 cm³/mol. The Labute approximate surface area is 129 Å². The van der Waals surface area contributed by atoms with E-state index in [0.717, 1.165) is 6.07 Å². The van der Waals surface area contributed by atoms with Gasteiger partial charge in [-0.1, -0.05) is 25.4 Å². The summed E-state index contributed by atoms with van der Waals surface area (Å²) in [5.74, 6) is -1.51. The van der Waals surface area contributed by atoms with Gasteiger partial charge in [0.2, 0.25) is 10.0 Å². The van der Waals surface area contributed by atoms with Crippen molar-refractivity contribution < 1.29 is 23.1 Å². The molecule has 0 aromatic heterocycles. The van der Waals surface area contributed by atoms with E-state index < -0.39 is 16.0 Å². The lowest BCUT2D eigenvalue weighted by molar-refractivity contribution is 0.0693. The van der Waals surface area contributed by atoms with E-state index in [1.165, 1.54) is 17.5 Å². The molecule has 1 aromatic rings. The number of aromatic carboxylic acids is 1. The van der Waals surface area contributed by atoms with Crippen LogP contribution in [0.25, 0.3) is 0 Å². The first kappa shape index (κ1) is 17.7. The maximum atomic E-state index is 12.7. The minimum atomic E-state index is -3.87. The number of hydrogen-bond donors (Lipinski definition) is 1. The van der Waals surface area contributed by atoms with Crippen LogP contribution in [0.3, 0.4) is 0 Å². The molecule has 0 aliphatic rings. The zero-order valence-corrected chi connectivity index (χ0v) is 13.7. The fourth-order valence-electron chi connectivity index (χ4n) is 1.97. The van der Waals surface area contributed by atoms with Crippen molar-refractivity contribution in [1.82, 2.24) is 4.31 Å². The Kier molecular flexibility index (Phi) is 6.00. The van der Waals surface area contributed by atoms with E-state index in [2.05, 4.69) is 0 Å². The standard InChI is InChI=1S/C13H18ClNO5S/c1-4-6-15(5-2)21(18,19)11-8-9(14)7-10(13(16)17)12(11)20-3/h7-8H,4-6H2,1-3H3,(H,16,17). The number of sulfonamides is 1. The molecule has 0 heterocycles. The lowest BCUT2D eigenvalue weighted by Crippen LogP contribution is -2.32. The maximum Gasteiger partial charge on any atom is 0.339 e. The van der Waals surface area contributed by atoms with Crippen LogP contribution >= 0.6 is 11.6 Å². The molecule has 0 unspecified atom stereocenters. The van der Waals surface area contributed by atoms with E-state index in [4.69, 9.17) is 21.4 Å². The topological polar surface area (TPSA) is 83.9 Å². The van der Waals surface area contributed by atoms with Crippen LogP contribution in [0.15, 0.2) is 17.0 Å². The van der Waals surface area contributed by atoms with Crippen molar-refractivity contribution in [2.75, 3.05) is 20.2 Å². The molecule has 0 saturated heterocycles. The number of carboxylic acids is 1. The molecule has 0 aliphatic heterocycles. The van der Waals surface area contributed by atoms with E-state index in [-0.39, 0.29) is 27.8 Å². The molecule has 0 atom stereocenters. The largest absolute Gasteiger partial charge is 0.494 e. The van der Waals surface area contributed by atoms with E-state index in [1.807, 2.05) is 6.92 Å². The second-order valence-electron chi connectivity index (χ2n) is 4.29. The van der Waals surface area contributed by atoms with Crippen LogP contribution in [-0.4, -0.2) is 44.0 Å². The number of ether oxygens (including phenoxy) is 1. The Hall–Kier alpha value is -1.31. The highest BCUT2D eigenvalue weighted by atomic mass is 35.5. The van der Waals surface area contributed by atoms with Crippen molar-refractivity contribution in [2.45, 2.75) is 25.2 Å². The highest BCUT2D eigenvalue weighted by Crippen LogP contribution is 2.33. The molecule has 0 spiro atoms. The van der Waals surface area contributed by atoms with E-state index in [1.54, 1.807) is 6.92 Å². The molecule has 0 amide bonds. The molecular formula is C13H18ClNO5S. The summed E-state index contributed by atoms with van der Waals surface area (Å²) in [6.07, 6.45) is 0.641. The van der Waals surface area contributed by atoms with Gasteiger partial charge in [0.25, 0.3) is 0 Å². The maximum absolute atomic E-state index is 12.7. The molecule has 0 saturated carbocycles. The van der Waals surface area contributed by atoms with Crippen molar-refractivity contribution in [2.24, 2.45) is 0 Å². The number of carboxylic acid groups (broad SMARTS) is 1. The summed E-state index contributed by atoms with van der Waals surface area (Å²) in [4.78, 5) is 11.0. The van der Waals surface area contributed by atoms with Crippen molar-refractivity contribution in [3.8, 4) is 5.75 Å². The summed E-state index contributed by atoms with van der Waals surface area (Å²) in [5, 5.41) is 9.19. The Balaban J connectivity index is 3.58. The molecule has 118 valence electrons. The zero-order chi connectivity index (χ0) is 16.2. The normalized spacial score (nSPS) is 11.7. The molecule has 1 rings (SSSR count). The molecule has 8 heteroatoms. The van der Waals surface area contributed by atoms with Crippen LogP contribution in [0, 0.1) is 0 Å². The molecule has 0 radical (unpaired) electrons. The molecule has 21 heavy (non-hydrogen) atoms. The third kappa shape index (κ3) is 3.66. The average molecular weight is 336 g/mol. The number of halogens is 1. The summed E-state index contributed by atoms with van der Waals surface area (Å²) in [6, 6.07) is 2.37. The quantitative estimate of drug-likeness (QED) is 0.827. The fraction of sp³-hybridized carbons (Fsp3) is 0.462. The van der Waals surface area contributed by atoms with Gasteiger partial charge in [0.1, 0.15) is 10.5 Å². The monoisotopic (exact) mass is 335 g/mol. The Bertz CT molecular complexity index is 630. The van der Waals surface area contributed by atoms with Crippen LogP contribution in [-0.2, 0) is 10.0 Å². The highest BCUT2D eigenvalue weighted by molar-refractivity contribution is 7.89. The number of benzene rings is 1. The third-order valence-electron chi connectivity index (χ3n) is 2.90. The molecule has 0 bridgehead atoms. The van der Waals surface area contributed by atoms with Crippen molar-refractivity contribution in [3.05, 3.63) is 22.7 Å². The minimum absolute atomic E-state index is 0.0272. The number of methoxy groups -OCH3 is 1. The Morgan fingerprint density at radius 1 is 1.38 bits per heavy atom. The summed E-state index contributed by atoms with van der Waals surface area (Å²) in [5.41, 5.74) is -0.281. The first-order valence-corrected chi connectivity index (χ1v) is 8.22. The Morgan fingerprint density at radius 2 is 2.00 bits per heavy atom. The van der Waals surface area contributed by atoms with Crippen molar-refractivity contribution in [1.29, 1.82) is 0 Å². The summed E-state index contributed by atoms with van der Waals surface area (Å²) in [7, 11) is -2.65. The van der Waals surface area contributed by atoms with E-state index >= 15 is 0 Å². The van der Waals surface area contributed by atoms with Gasteiger partial charge in [-0.25, -0.2) is 13.2 Å². The van der Waals surface area contributed by atoms with Crippen LogP contribution in [0.1, 0.15) is 30.6 Å². The van der Waals surface area contributed by atoms with Gasteiger partial charge in [-0.3, -0.25) is 0 Å². The van der Waals surface area contributed by atoms with Gasteiger partial charge in [-0.2, -0.15) is 4.31 Å². The highest BCUT2D eigenvalue weighted by Gasteiger charge is 2.29. The van der Waals surface area contributed by atoms with Gasteiger partial charge in [-0.05, 0) is 18.6 Å². The van der Waals surface area contributed by atoms with Crippen LogP contribution < -0.4 is 4.74 Å². The first-order chi connectivity index (χ1) is 9.79. The second-order valence-corrected chi connectivity index (χ2v) is 6.63. The fourth-order valence-corrected chi connectivity index (χ4v) is 3.99. The number of carbonyl (C=O) groups is 1. The van der Waals surface area contributed by atoms with Gasteiger partial charge in [0.15, 0.2) is 5.75 Å². The van der Waals surface area contributed by atoms with E-state index in [9.17, 15) is 13.2 Å². The molecule has 0 fully saturated rings. The molecule has 1 aromatic carbocycles. The second kappa shape index (κ2) is 7.11. The van der Waals surface area contributed by atoms with Gasteiger partial charge >= 0.3 is 5.97 Å². The Morgan fingerprint density at radius 3 is 2.43 bits per heavy atom. The summed E-state index contributed by atoms with van der Waals surface area (Å²) >= 11 is 5.85. The number of rotatable bonds is 7. The number of nitrogens with zero attached hydrogens (tertiary/aromatic N) is 1. The summed E-state index contributed by atoms with van der Waals surface area (Å²) < 4.78 is 31.6. The van der Waals surface area contributed by atoms with Crippen LogP contribution in [0.2, 0.25) is 5.02 Å². The predicted octanol–water partition coefficient (Wildman–Crippen LogP) is 2.47. The molecular weight excluding hydrogens is 318 g/mol. The average Bonchev–Trinajstić information content (AvgIpc) is 2.43. The van der Waals surface area contributed by atoms with Crippen molar-refractivity contribution >= 4 is 27.6 Å². The van der Waals surface area contributed by atoms with Gasteiger partial charge in [0.05, 0.1) is 7.11 Å². The van der Waals surface area contributed by atoms with Gasteiger partial charge in [-0.15, -0.1) is 0 Å². The van der Waals surface area contributed by atoms with Gasteiger partial charge < -0.3 is 9.84 Å². The lowest BCUT2D eigenvalue weighted by atomic mass is 10.2. The SMILES string of the molecule is CCCN(CC)S(=O)(=O)c1cc(Cl)cc(C(=O)O)c1OC. The molecule has 1 N–H and O–H groups in total. The zero-order valence-electron chi connectivity index (χ0n) is 12.1. The number of hydrogen-bond acceptors (Lipinski definition) is 4. The lowest BCUT2D eigenvalue weighted by Gasteiger charge is -2.22. The van der Waals surface area contributed by atoms with E-state index in [0.29, 0.717) is 13.0 Å². The first-order valence-electron chi connectivity index (χ1n) is 6.40.